The molecule has 0 fully saturated rings. The number of nitrogens with one attached hydrogen (secondary N) is 2. The van der Waals surface area contributed by atoms with Gasteiger partial charge in [0, 0.05) is 24.4 Å². The summed E-state index contributed by atoms with van der Waals surface area (Å²) >= 11 is 1.73. The topological polar surface area (TPSA) is 52.5 Å². The Morgan fingerprint density at radius 3 is 2.54 bits per heavy atom. The van der Waals surface area contributed by atoms with Crippen molar-refractivity contribution in [2.45, 2.75) is 66.0 Å². The van der Waals surface area contributed by atoms with Crippen molar-refractivity contribution in [1.29, 1.82) is 0 Å². The zero-order chi connectivity index (χ0) is 17.9. The first-order valence-electron chi connectivity index (χ1n) is 9.13. The van der Waals surface area contributed by atoms with Crippen LogP contribution < -0.4 is 10.6 Å². The molecule has 0 bridgehead atoms. The summed E-state index contributed by atoms with van der Waals surface area (Å²) in [5, 5.41) is 10.2. The highest BCUT2D eigenvalue weighted by Crippen LogP contribution is 2.18. The molecule has 0 aliphatic heterocycles. The number of aromatic nitrogens is 1. The molecule has 0 aromatic carbocycles. The van der Waals surface area contributed by atoms with Gasteiger partial charge in [0.1, 0.15) is 0 Å². The summed E-state index contributed by atoms with van der Waals surface area (Å²) in [6.45, 7) is 15.2. The molecule has 0 spiro atoms. The lowest BCUT2D eigenvalue weighted by Gasteiger charge is -2.21. The van der Waals surface area contributed by atoms with Gasteiger partial charge in [-0.3, -0.25) is 4.99 Å². The fourth-order valence-corrected chi connectivity index (χ4v) is 3.34. The second-order valence-corrected chi connectivity index (χ2v) is 7.36. The van der Waals surface area contributed by atoms with Crippen molar-refractivity contribution < 1.29 is 0 Å². The van der Waals surface area contributed by atoms with E-state index in [9.17, 15) is 0 Å². The van der Waals surface area contributed by atoms with Gasteiger partial charge < -0.3 is 15.5 Å². The molecule has 5 nitrogen and oxygen atoms in total. The first-order chi connectivity index (χ1) is 11.5. The average molecular weight is 354 g/mol. The van der Waals surface area contributed by atoms with Crippen LogP contribution in [0.1, 0.15) is 64.1 Å². The van der Waals surface area contributed by atoms with E-state index in [1.54, 1.807) is 11.3 Å². The van der Waals surface area contributed by atoms with Gasteiger partial charge in [0.05, 0.1) is 17.2 Å². The van der Waals surface area contributed by atoms with Crippen LogP contribution in [-0.2, 0) is 6.54 Å². The third kappa shape index (κ3) is 7.62. The summed E-state index contributed by atoms with van der Waals surface area (Å²) in [4.78, 5) is 11.4. The highest BCUT2D eigenvalue weighted by molar-refractivity contribution is 7.09. The highest BCUT2D eigenvalue weighted by atomic mass is 32.1. The predicted octanol–water partition coefficient (Wildman–Crippen LogP) is 3.44. The van der Waals surface area contributed by atoms with E-state index < -0.39 is 0 Å². The summed E-state index contributed by atoms with van der Waals surface area (Å²) < 4.78 is 0. The number of nitrogens with zero attached hydrogens (tertiary/aromatic N) is 3. The number of hydrogen-bond acceptors (Lipinski definition) is 4. The van der Waals surface area contributed by atoms with Gasteiger partial charge in [0.15, 0.2) is 5.96 Å². The van der Waals surface area contributed by atoms with Gasteiger partial charge in [-0.1, -0.05) is 27.7 Å². The Morgan fingerprint density at radius 1 is 1.29 bits per heavy atom. The van der Waals surface area contributed by atoms with Crippen LogP contribution in [-0.4, -0.2) is 48.6 Å². The Balaban J connectivity index is 2.33. The van der Waals surface area contributed by atoms with Crippen LogP contribution in [0.4, 0.5) is 0 Å². The van der Waals surface area contributed by atoms with Crippen LogP contribution in [0.25, 0.3) is 0 Å². The van der Waals surface area contributed by atoms with Crippen LogP contribution in [0.15, 0.2) is 10.4 Å². The molecule has 24 heavy (non-hydrogen) atoms. The molecule has 1 aromatic heterocycles. The van der Waals surface area contributed by atoms with Crippen molar-refractivity contribution in [3.8, 4) is 0 Å². The van der Waals surface area contributed by atoms with Crippen LogP contribution >= 0.6 is 11.3 Å². The molecule has 2 N–H and O–H groups in total. The number of thiazole rings is 1. The van der Waals surface area contributed by atoms with Gasteiger partial charge in [0.2, 0.25) is 0 Å². The molecule has 0 radical (unpaired) electrons. The number of hydrogen-bond donors (Lipinski definition) is 2. The van der Waals surface area contributed by atoms with Gasteiger partial charge >= 0.3 is 0 Å². The predicted molar refractivity (Wildman–Crippen MR) is 106 cm³/mol. The molecule has 0 aliphatic rings. The molecular formula is C18H35N5S. The molecular weight excluding hydrogens is 318 g/mol. The summed E-state index contributed by atoms with van der Waals surface area (Å²) in [6, 6.07) is 0.411. The zero-order valence-corrected chi connectivity index (χ0v) is 17.0. The molecule has 6 heteroatoms. The minimum atomic E-state index is 0.411. The van der Waals surface area contributed by atoms with E-state index in [1.807, 2.05) is 7.05 Å². The Bertz CT molecular complexity index is 480. The van der Waals surface area contributed by atoms with Gasteiger partial charge in [0.25, 0.3) is 0 Å². The van der Waals surface area contributed by atoms with Crippen LogP contribution in [0.3, 0.4) is 0 Å². The summed E-state index contributed by atoms with van der Waals surface area (Å²) in [7, 11) is 1.82. The molecule has 1 heterocycles. The lowest BCUT2D eigenvalue weighted by molar-refractivity contribution is 0.292. The van der Waals surface area contributed by atoms with Gasteiger partial charge in [-0.2, -0.15) is 0 Å². The maximum atomic E-state index is 4.65. The maximum absolute atomic E-state index is 4.65. The average Bonchev–Trinajstić information content (AvgIpc) is 3.04. The second-order valence-electron chi connectivity index (χ2n) is 6.47. The zero-order valence-electron chi connectivity index (χ0n) is 16.2. The Hall–Kier alpha value is -1.14. The third-order valence-corrected chi connectivity index (χ3v) is 5.31. The van der Waals surface area contributed by atoms with Crippen molar-refractivity contribution in [2.75, 3.05) is 26.7 Å². The van der Waals surface area contributed by atoms with Gasteiger partial charge in [-0.25, -0.2) is 4.98 Å². The van der Waals surface area contributed by atoms with Gasteiger partial charge in [-0.15, -0.1) is 11.3 Å². The third-order valence-electron chi connectivity index (χ3n) is 4.11. The first kappa shape index (κ1) is 20.9. The van der Waals surface area contributed by atoms with Crippen molar-refractivity contribution in [3.63, 3.8) is 0 Å². The molecule has 1 atom stereocenters. The Kier molecular flexibility index (Phi) is 9.95. The van der Waals surface area contributed by atoms with E-state index in [1.165, 1.54) is 18.0 Å². The summed E-state index contributed by atoms with van der Waals surface area (Å²) in [5.74, 6) is 1.34. The number of guanidine groups is 1. The smallest absolute Gasteiger partial charge is 0.191 e. The van der Waals surface area contributed by atoms with E-state index in [4.69, 9.17) is 0 Å². The van der Waals surface area contributed by atoms with Crippen molar-refractivity contribution in [2.24, 2.45) is 4.99 Å². The fraction of sp³-hybridized carbons (Fsp3) is 0.778. The quantitative estimate of drug-likeness (QED) is 0.500. The maximum Gasteiger partial charge on any atom is 0.191 e. The Morgan fingerprint density at radius 2 is 2.00 bits per heavy atom. The fourth-order valence-electron chi connectivity index (χ4n) is 2.50. The monoisotopic (exact) mass is 353 g/mol. The molecule has 138 valence electrons. The highest BCUT2D eigenvalue weighted by Gasteiger charge is 2.09. The van der Waals surface area contributed by atoms with Crippen LogP contribution in [0.2, 0.25) is 0 Å². The van der Waals surface area contributed by atoms with Crippen LogP contribution in [0, 0.1) is 0 Å². The van der Waals surface area contributed by atoms with Crippen LogP contribution in [0.5, 0.6) is 0 Å². The van der Waals surface area contributed by atoms with Gasteiger partial charge in [-0.05, 0) is 39.4 Å². The van der Waals surface area contributed by atoms with E-state index in [2.05, 4.69) is 65.5 Å². The first-order valence-corrected chi connectivity index (χ1v) is 10.0. The van der Waals surface area contributed by atoms with Crippen molar-refractivity contribution in [3.05, 3.63) is 16.1 Å². The summed E-state index contributed by atoms with van der Waals surface area (Å²) in [5.41, 5.74) is 1.08. The lowest BCUT2D eigenvalue weighted by Crippen LogP contribution is -2.42. The normalized spacial score (nSPS) is 13.6. The largest absolute Gasteiger partial charge is 0.354 e. The Labute approximate surface area is 152 Å². The minimum absolute atomic E-state index is 0.411. The van der Waals surface area contributed by atoms with E-state index in [0.717, 1.165) is 37.7 Å². The molecule has 0 amide bonds. The van der Waals surface area contributed by atoms with Crippen molar-refractivity contribution in [1.82, 2.24) is 20.5 Å². The van der Waals surface area contributed by atoms with E-state index >= 15 is 0 Å². The molecule has 0 aliphatic carbocycles. The molecule has 0 saturated carbocycles. The molecule has 1 aromatic rings. The molecule has 0 saturated heterocycles. The number of aliphatic imine (C=N–C) groups is 1. The molecule has 1 rings (SSSR count). The number of rotatable bonds is 10. The lowest BCUT2D eigenvalue weighted by atomic mass is 10.2. The minimum Gasteiger partial charge on any atom is -0.354 e. The molecule has 1 unspecified atom stereocenters. The van der Waals surface area contributed by atoms with E-state index in [0.29, 0.717) is 12.0 Å². The van der Waals surface area contributed by atoms with Crippen molar-refractivity contribution >= 4 is 17.3 Å². The summed E-state index contributed by atoms with van der Waals surface area (Å²) in [6.07, 6.45) is 2.35. The standard InChI is InChI=1S/C18H35N5S/c1-7-23(8-2)11-9-10-15(5)21-18(19-6)20-12-16-13-24-17(22-16)14(3)4/h13-15H,7-12H2,1-6H3,(H2,19,20,21). The van der Waals surface area contributed by atoms with E-state index in [-0.39, 0.29) is 0 Å². The SMILES string of the molecule is CCN(CC)CCCC(C)NC(=NC)NCc1csc(C(C)C)n1. The second kappa shape index (κ2) is 11.4.